The van der Waals surface area contributed by atoms with Crippen LogP contribution in [0.2, 0.25) is 0 Å². The van der Waals surface area contributed by atoms with E-state index in [4.69, 9.17) is 0 Å². The van der Waals surface area contributed by atoms with Gasteiger partial charge in [-0.05, 0) is 44.4 Å². The van der Waals surface area contributed by atoms with Gasteiger partial charge in [0.1, 0.15) is 12.1 Å². The van der Waals surface area contributed by atoms with Crippen molar-refractivity contribution in [1.29, 1.82) is 0 Å². The molecule has 0 bridgehead atoms. The molecule has 1 rings (SSSR count). The maximum Gasteiger partial charge on any atom is 0.130 e. The number of aldehydes is 1. The van der Waals surface area contributed by atoms with Gasteiger partial charge in [-0.2, -0.15) is 0 Å². The Kier molecular flexibility index (Phi) is 4.67. The summed E-state index contributed by atoms with van der Waals surface area (Å²) < 4.78 is 0. The second kappa shape index (κ2) is 5.61. The van der Waals surface area contributed by atoms with Crippen LogP contribution in [0.4, 0.5) is 0 Å². The molecule has 1 aliphatic carbocycles. The molecule has 2 atom stereocenters. The zero-order valence-electron chi connectivity index (χ0n) is 11.5. The van der Waals surface area contributed by atoms with Gasteiger partial charge in [0.15, 0.2) is 0 Å². The van der Waals surface area contributed by atoms with Gasteiger partial charge in [-0.1, -0.05) is 25.5 Å². The number of Topliss-reactive ketones (excluding diaryl/α,β-unsaturated/α-hetero) is 1. The topological polar surface area (TPSA) is 34.1 Å². The van der Waals surface area contributed by atoms with Gasteiger partial charge in [-0.15, -0.1) is 0 Å². The van der Waals surface area contributed by atoms with E-state index in [0.717, 1.165) is 25.5 Å². The first-order chi connectivity index (χ1) is 7.89. The predicted molar refractivity (Wildman–Crippen MR) is 69.7 cm³/mol. The monoisotopic (exact) mass is 236 g/mol. The molecular formula is C15H24O2. The van der Waals surface area contributed by atoms with E-state index in [2.05, 4.69) is 26.8 Å². The molecule has 2 heteroatoms. The number of hydrogen-bond acceptors (Lipinski definition) is 2. The molecular weight excluding hydrogens is 212 g/mol. The highest BCUT2D eigenvalue weighted by Crippen LogP contribution is 2.59. The zero-order valence-corrected chi connectivity index (χ0v) is 11.5. The Morgan fingerprint density at radius 2 is 1.88 bits per heavy atom. The minimum atomic E-state index is 0.211. The maximum absolute atomic E-state index is 10.8. The van der Waals surface area contributed by atoms with Crippen molar-refractivity contribution in [2.75, 3.05) is 0 Å². The lowest BCUT2D eigenvalue weighted by atomic mass is 10.0. The van der Waals surface area contributed by atoms with Crippen molar-refractivity contribution in [1.82, 2.24) is 0 Å². The van der Waals surface area contributed by atoms with Gasteiger partial charge in [0.2, 0.25) is 0 Å². The summed E-state index contributed by atoms with van der Waals surface area (Å²) in [5, 5.41) is 0. The van der Waals surface area contributed by atoms with E-state index in [-0.39, 0.29) is 17.1 Å². The first-order valence-electron chi connectivity index (χ1n) is 6.50. The number of hydrogen-bond donors (Lipinski definition) is 0. The van der Waals surface area contributed by atoms with Crippen LogP contribution in [0.3, 0.4) is 0 Å². The molecule has 0 aliphatic heterocycles. The van der Waals surface area contributed by atoms with E-state index >= 15 is 0 Å². The molecule has 96 valence electrons. The Labute approximate surface area is 104 Å². The summed E-state index contributed by atoms with van der Waals surface area (Å²) in [4.78, 5) is 21.7. The second-order valence-electron chi connectivity index (χ2n) is 5.92. The lowest BCUT2D eigenvalue weighted by Crippen LogP contribution is -1.91. The van der Waals surface area contributed by atoms with Crippen molar-refractivity contribution in [3.05, 3.63) is 11.6 Å². The summed E-state index contributed by atoms with van der Waals surface area (Å²) in [5.74, 6) is 1.06. The molecule has 0 amide bonds. The molecule has 0 N–H and O–H groups in total. The number of carbonyl (C=O) groups excluding carboxylic acids is 2. The average Bonchev–Trinajstić information content (AvgIpc) is 2.77. The summed E-state index contributed by atoms with van der Waals surface area (Å²) in [5.41, 5.74) is 1.50. The van der Waals surface area contributed by atoms with Crippen molar-refractivity contribution in [2.45, 2.75) is 53.4 Å². The maximum atomic E-state index is 10.8. The molecule has 0 aromatic rings. The van der Waals surface area contributed by atoms with Crippen molar-refractivity contribution >= 4 is 12.1 Å². The summed E-state index contributed by atoms with van der Waals surface area (Å²) in [6, 6.07) is 0. The van der Waals surface area contributed by atoms with Gasteiger partial charge < -0.3 is 9.59 Å². The minimum absolute atomic E-state index is 0.211. The Hall–Kier alpha value is -0.920. The molecule has 0 spiro atoms. The molecule has 1 aliphatic rings. The summed E-state index contributed by atoms with van der Waals surface area (Å²) >= 11 is 0. The van der Waals surface area contributed by atoms with E-state index in [9.17, 15) is 9.59 Å². The molecule has 17 heavy (non-hydrogen) atoms. The smallest absolute Gasteiger partial charge is 0.130 e. The minimum Gasteiger partial charge on any atom is -0.303 e. The highest BCUT2D eigenvalue weighted by Gasteiger charge is 2.56. The van der Waals surface area contributed by atoms with Crippen LogP contribution in [0.1, 0.15) is 53.4 Å². The predicted octanol–water partition coefficient (Wildman–Crippen LogP) is 3.55. The zero-order chi connectivity index (χ0) is 13.1. The molecule has 0 heterocycles. The van der Waals surface area contributed by atoms with Crippen LogP contribution < -0.4 is 0 Å². The number of allylic oxidation sites excluding steroid dienone is 2. The van der Waals surface area contributed by atoms with E-state index in [1.807, 2.05) is 0 Å². The largest absolute Gasteiger partial charge is 0.303 e. The average molecular weight is 236 g/mol. The van der Waals surface area contributed by atoms with Crippen LogP contribution >= 0.6 is 0 Å². The third kappa shape index (κ3) is 3.79. The van der Waals surface area contributed by atoms with Crippen molar-refractivity contribution in [2.24, 2.45) is 17.3 Å². The third-order valence-electron chi connectivity index (χ3n) is 4.13. The fraction of sp³-hybridized carbons (Fsp3) is 0.733. The van der Waals surface area contributed by atoms with Crippen LogP contribution in [-0.2, 0) is 9.59 Å². The lowest BCUT2D eigenvalue weighted by Gasteiger charge is -2.01. The molecule has 0 aromatic heterocycles. The number of carbonyl (C=O) groups is 2. The van der Waals surface area contributed by atoms with Crippen LogP contribution in [0.25, 0.3) is 0 Å². The van der Waals surface area contributed by atoms with Gasteiger partial charge >= 0.3 is 0 Å². The summed E-state index contributed by atoms with van der Waals surface area (Å²) in [6.07, 6.45) is 6.97. The van der Waals surface area contributed by atoms with Crippen LogP contribution in [-0.4, -0.2) is 12.1 Å². The van der Waals surface area contributed by atoms with Gasteiger partial charge in [0.25, 0.3) is 0 Å². The van der Waals surface area contributed by atoms with Crippen molar-refractivity contribution < 1.29 is 9.59 Å². The first kappa shape index (κ1) is 14.1. The molecule has 0 unspecified atom stereocenters. The SMILES string of the molecule is CC(=O)CC/C(C)=C/CC[C@H]1[C@H](C=O)C1(C)C. The Balaban J connectivity index is 2.26. The third-order valence-corrected chi connectivity index (χ3v) is 4.13. The summed E-state index contributed by atoms with van der Waals surface area (Å²) in [7, 11) is 0. The van der Waals surface area contributed by atoms with Crippen LogP contribution in [0, 0.1) is 17.3 Å². The lowest BCUT2D eigenvalue weighted by molar-refractivity contribution is -0.117. The van der Waals surface area contributed by atoms with Crippen molar-refractivity contribution in [3.63, 3.8) is 0 Å². The van der Waals surface area contributed by atoms with Gasteiger partial charge in [-0.25, -0.2) is 0 Å². The number of rotatable bonds is 7. The van der Waals surface area contributed by atoms with Crippen molar-refractivity contribution in [3.8, 4) is 0 Å². The second-order valence-corrected chi connectivity index (χ2v) is 5.92. The molecule has 2 nitrogen and oxygen atoms in total. The van der Waals surface area contributed by atoms with Crippen LogP contribution in [0.5, 0.6) is 0 Å². The Morgan fingerprint density at radius 1 is 1.24 bits per heavy atom. The van der Waals surface area contributed by atoms with E-state index < -0.39 is 0 Å². The van der Waals surface area contributed by atoms with Gasteiger partial charge in [-0.3, -0.25) is 0 Å². The van der Waals surface area contributed by atoms with E-state index in [1.165, 1.54) is 5.57 Å². The first-order valence-corrected chi connectivity index (χ1v) is 6.50. The standard InChI is InChI=1S/C15H24O2/c1-11(8-9-12(2)17)6-5-7-13-14(10-16)15(13,3)4/h6,10,13-14H,5,7-9H2,1-4H3/b11-6+/t13-,14-/m0/s1. The Bertz CT molecular complexity index is 326. The molecule has 0 saturated heterocycles. The Morgan fingerprint density at radius 3 is 2.35 bits per heavy atom. The quantitative estimate of drug-likeness (QED) is 0.500. The summed E-state index contributed by atoms with van der Waals surface area (Å²) in [6.45, 7) is 8.05. The normalized spacial score (nSPS) is 26.7. The van der Waals surface area contributed by atoms with E-state index in [0.29, 0.717) is 12.3 Å². The molecule has 1 fully saturated rings. The fourth-order valence-corrected chi connectivity index (χ4v) is 2.59. The number of ketones is 1. The van der Waals surface area contributed by atoms with E-state index in [1.54, 1.807) is 6.92 Å². The van der Waals surface area contributed by atoms with Gasteiger partial charge in [0.05, 0.1) is 0 Å². The van der Waals surface area contributed by atoms with Gasteiger partial charge in [0, 0.05) is 12.3 Å². The molecule has 0 aromatic carbocycles. The highest BCUT2D eigenvalue weighted by molar-refractivity contribution is 5.75. The highest BCUT2D eigenvalue weighted by atomic mass is 16.1. The fourth-order valence-electron chi connectivity index (χ4n) is 2.59. The molecule has 0 radical (unpaired) electrons. The van der Waals surface area contributed by atoms with Crippen LogP contribution in [0.15, 0.2) is 11.6 Å². The molecule has 1 saturated carbocycles.